The molecule has 1 aromatic heterocycles. The van der Waals surface area contributed by atoms with E-state index >= 15 is 0 Å². The summed E-state index contributed by atoms with van der Waals surface area (Å²) in [4.78, 5) is 41.7. The van der Waals surface area contributed by atoms with Crippen LogP contribution >= 0.6 is 0 Å². The van der Waals surface area contributed by atoms with Crippen LogP contribution in [0.3, 0.4) is 0 Å². The number of methoxy groups -OCH3 is 1. The van der Waals surface area contributed by atoms with Gasteiger partial charge in [-0.05, 0) is 36.1 Å². The van der Waals surface area contributed by atoms with Crippen molar-refractivity contribution < 1.29 is 19.1 Å². The number of fused-ring (bicyclic) bond motifs is 1. The molecule has 8 nitrogen and oxygen atoms in total. The zero-order valence-electron chi connectivity index (χ0n) is 17.9. The Hall–Kier alpha value is -3.81. The Balaban J connectivity index is 1.27. The number of para-hydroxylation sites is 2. The van der Waals surface area contributed by atoms with Gasteiger partial charge >= 0.3 is 6.03 Å². The van der Waals surface area contributed by atoms with Crippen LogP contribution in [-0.4, -0.2) is 54.0 Å². The van der Waals surface area contributed by atoms with Gasteiger partial charge in [0.1, 0.15) is 11.8 Å². The summed E-state index contributed by atoms with van der Waals surface area (Å²) in [5.74, 6) is 0.123. The maximum Gasteiger partial charge on any atom is 0.324 e. The number of hydrogen-bond acceptors (Lipinski definition) is 4. The molecule has 3 aromatic rings. The Labute approximate surface area is 185 Å². The number of amides is 4. The monoisotopic (exact) mass is 434 g/mol. The second-order valence-electron chi connectivity index (χ2n) is 7.72. The Bertz CT molecular complexity index is 1140. The van der Waals surface area contributed by atoms with E-state index in [4.69, 9.17) is 4.74 Å². The van der Waals surface area contributed by atoms with Crippen LogP contribution in [0.5, 0.6) is 5.75 Å². The average Bonchev–Trinajstić information content (AvgIpc) is 3.33. The van der Waals surface area contributed by atoms with E-state index in [2.05, 4.69) is 15.6 Å². The molecule has 0 saturated carbocycles. The first-order valence-corrected chi connectivity index (χ1v) is 10.6. The van der Waals surface area contributed by atoms with E-state index < -0.39 is 12.1 Å². The Morgan fingerprint density at radius 3 is 2.69 bits per heavy atom. The highest BCUT2D eigenvalue weighted by molar-refractivity contribution is 6.05. The van der Waals surface area contributed by atoms with Gasteiger partial charge in [0.15, 0.2) is 0 Å². The summed E-state index contributed by atoms with van der Waals surface area (Å²) >= 11 is 0. The number of rotatable bonds is 9. The van der Waals surface area contributed by atoms with Crippen LogP contribution < -0.4 is 15.4 Å². The molecule has 0 unspecified atom stereocenters. The van der Waals surface area contributed by atoms with E-state index in [0.717, 1.165) is 27.8 Å². The minimum atomic E-state index is -0.836. The summed E-state index contributed by atoms with van der Waals surface area (Å²) in [6.07, 6.45) is 2.97. The van der Waals surface area contributed by atoms with E-state index in [0.29, 0.717) is 19.4 Å². The summed E-state index contributed by atoms with van der Waals surface area (Å²) in [6.45, 7) is 0.677. The Kier molecular flexibility index (Phi) is 6.39. The fourth-order valence-corrected chi connectivity index (χ4v) is 4.00. The number of carbonyl (C=O) groups is 3. The molecule has 0 spiro atoms. The third-order valence-corrected chi connectivity index (χ3v) is 5.69. The molecule has 2 aromatic carbocycles. The van der Waals surface area contributed by atoms with Gasteiger partial charge in [-0.25, -0.2) is 4.79 Å². The van der Waals surface area contributed by atoms with Crippen molar-refractivity contribution in [1.29, 1.82) is 0 Å². The molecule has 3 N–H and O–H groups in total. The number of nitrogens with one attached hydrogen (secondary N) is 3. The normalized spacial score (nSPS) is 15.8. The van der Waals surface area contributed by atoms with E-state index in [-0.39, 0.29) is 24.8 Å². The lowest BCUT2D eigenvalue weighted by Gasteiger charge is -2.13. The Morgan fingerprint density at radius 1 is 1.06 bits per heavy atom. The first-order valence-electron chi connectivity index (χ1n) is 10.6. The third kappa shape index (κ3) is 4.59. The second kappa shape index (κ2) is 9.55. The largest absolute Gasteiger partial charge is 0.496 e. The number of benzene rings is 2. The van der Waals surface area contributed by atoms with Gasteiger partial charge in [-0.1, -0.05) is 36.4 Å². The zero-order valence-corrected chi connectivity index (χ0v) is 17.9. The zero-order chi connectivity index (χ0) is 22.5. The number of H-pyrrole nitrogens is 1. The number of nitrogens with zero attached hydrogens (tertiary/aromatic N) is 1. The summed E-state index contributed by atoms with van der Waals surface area (Å²) < 4.78 is 5.31. The van der Waals surface area contributed by atoms with Crippen molar-refractivity contribution in [1.82, 2.24) is 20.5 Å². The fourth-order valence-electron chi connectivity index (χ4n) is 4.00. The highest BCUT2D eigenvalue weighted by Gasteiger charge is 2.38. The van der Waals surface area contributed by atoms with Crippen LogP contribution in [0, 0.1) is 0 Å². The van der Waals surface area contributed by atoms with Crippen LogP contribution in [0.1, 0.15) is 17.5 Å². The minimum Gasteiger partial charge on any atom is -0.496 e. The maximum absolute atomic E-state index is 12.7. The van der Waals surface area contributed by atoms with Gasteiger partial charge in [0.2, 0.25) is 5.91 Å². The summed E-state index contributed by atoms with van der Waals surface area (Å²) in [6, 6.07) is 14.2. The predicted octanol–water partition coefficient (Wildman–Crippen LogP) is 2.39. The molecule has 1 fully saturated rings. The van der Waals surface area contributed by atoms with Crippen molar-refractivity contribution >= 4 is 28.7 Å². The number of aromatic nitrogens is 1. The molecular formula is C24H26N4O4. The lowest BCUT2D eigenvalue weighted by Crippen LogP contribution is -2.37. The molecule has 166 valence electrons. The van der Waals surface area contributed by atoms with Crippen LogP contribution in [0.2, 0.25) is 0 Å². The van der Waals surface area contributed by atoms with E-state index in [1.54, 1.807) is 7.11 Å². The molecule has 4 rings (SSSR count). The number of aromatic amines is 1. The molecule has 32 heavy (non-hydrogen) atoms. The van der Waals surface area contributed by atoms with E-state index in [1.807, 2.05) is 54.7 Å². The highest BCUT2D eigenvalue weighted by atomic mass is 16.5. The summed E-state index contributed by atoms with van der Waals surface area (Å²) in [5, 5.41) is 6.52. The van der Waals surface area contributed by atoms with Gasteiger partial charge < -0.3 is 20.4 Å². The number of imide groups is 1. The van der Waals surface area contributed by atoms with Crippen molar-refractivity contribution in [3.05, 3.63) is 65.9 Å². The molecule has 0 bridgehead atoms. The highest BCUT2D eigenvalue weighted by Crippen LogP contribution is 2.20. The second-order valence-corrected chi connectivity index (χ2v) is 7.72. The van der Waals surface area contributed by atoms with Crippen molar-refractivity contribution in [3.63, 3.8) is 0 Å². The molecule has 1 aliphatic heterocycles. The van der Waals surface area contributed by atoms with Crippen molar-refractivity contribution in [2.45, 2.75) is 25.3 Å². The number of carbonyl (C=O) groups excluding carboxylic acids is 3. The van der Waals surface area contributed by atoms with Gasteiger partial charge in [0, 0.05) is 30.2 Å². The van der Waals surface area contributed by atoms with Gasteiger partial charge in [-0.3, -0.25) is 14.5 Å². The quantitative estimate of drug-likeness (QED) is 0.450. The van der Waals surface area contributed by atoms with Crippen LogP contribution in [-0.2, 0) is 22.4 Å². The Morgan fingerprint density at radius 2 is 1.84 bits per heavy atom. The van der Waals surface area contributed by atoms with Crippen molar-refractivity contribution in [3.8, 4) is 5.75 Å². The molecular weight excluding hydrogens is 408 g/mol. The van der Waals surface area contributed by atoms with Crippen LogP contribution in [0.4, 0.5) is 4.79 Å². The van der Waals surface area contributed by atoms with Gasteiger partial charge in [-0.2, -0.15) is 0 Å². The molecule has 2 heterocycles. The number of ether oxygens (including phenoxy) is 1. The number of urea groups is 1. The van der Waals surface area contributed by atoms with Crippen molar-refractivity contribution in [2.24, 2.45) is 0 Å². The first kappa shape index (κ1) is 21.4. The van der Waals surface area contributed by atoms with Gasteiger partial charge in [0.25, 0.3) is 5.91 Å². The SMILES string of the molecule is COc1ccccc1CCNC(=O)C[C@@H]1NC(=O)N(CCc2c[nH]c3ccccc23)C1=O. The van der Waals surface area contributed by atoms with Crippen LogP contribution in [0.15, 0.2) is 54.7 Å². The average molecular weight is 434 g/mol. The van der Waals surface area contributed by atoms with Gasteiger partial charge in [0.05, 0.1) is 13.5 Å². The lowest BCUT2D eigenvalue weighted by atomic mass is 10.1. The van der Waals surface area contributed by atoms with Crippen LogP contribution in [0.25, 0.3) is 10.9 Å². The van der Waals surface area contributed by atoms with E-state index in [9.17, 15) is 14.4 Å². The molecule has 4 amide bonds. The van der Waals surface area contributed by atoms with Gasteiger partial charge in [-0.15, -0.1) is 0 Å². The first-order chi connectivity index (χ1) is 15.6. The van der Waals surface area contributed by atoms with Crippen molar-refractivity contribution in [2.75, 3.05) is 20.2 Å². The maximum atomic E-state index is 12.7. The molecule has 8 heteroatoms. The minimum absolute atomic E-state index is 0.0833. The smallest absolute Gasteiger partial charge is 0.324 e. The topological polar surface area (TPSA) is 104 Å². The third-order valence-electron chi connectivity index (χ3n) is 5.69. The summed E-state index contributed by atoms with van der Waals surface area (Å²) in [5.41, 5.74) is 3.05. The molecule has 1 aliphatic rings. The standard InChI is InChI=1S/C24H26N4O4/c1-32-21-9-5-2-6-16(21)10-12-25-22(29)14-20-23(30)28(24(31)27-20)13-11-17-15-26-19-8-4-3-7-18(17)19/h2-9,15,20,26H,10-14H2,1H3,(H,25,29)(H,27,31)/t20-/m0/s1. The molecule has 1 atom stereocenters. The number of hydrogen-bond donors (Lipinski definition) is 3. The van der Waals surface area contributed by atoms with E-state index in [1.165, 1.54) is 4.90 Å². The molecule has 1 saturated heterocycles. The molecule has 0 aliphatic carbocycles. The molecule has 0 radical (unpaired) electrons. The fraction of sp³-hybridized carbons (Fsp3) is 0.292. The lowest BCUT2D eigenvalue weighted by molar-refractivity contribution is -0.130. The summed E-state index contributed by atoms with van der Waals surface area (Å²) in [7, 11) is 1.61. The predicted molar refractivity (Wildman–Crippen MR) is 120 cm³/mol.